The number of nitrogens with one attached hydrogen (secondary N) is 1. The molecule has 0 atom stereocenters. The van der Waals surface area contributed by atoms with Crippen molar-refractivity contribution in [3.8, 4) is 0 Å². The van der Waals surface area contributed by atoms with E-state index in [1.807, 2.05) is 0 Å². The highest BCUT2D eigenvalue weighted by Gasteiger charge is 2.42. The lowest BCUT2D eigenvalue weighted by Gasteiger charge is -2.43. The molecule has 0 amide bonds. The van der Waals surface area contributed by atoms with E-state index in [0.717, 1.165) is 16.6 Å². The van der Waals surface area contributed by atoms with Gasteiger partial charge in [-0.1, -0.05) is 119 Å². The van der Waals surface area contributed by atoms with E-state index in [1.165, 1.54) is 83.6 Å². The van der Waals surface area contributed by atoms with Crippen molar-refractivity contribution in [2.75, 3.05) is 6.54 Å². The van der Waals surface area contributed by atoms with E-state index in [0.29, 0.717) is 0 Å². The predicted molar refractivity (Wildman–Crippen MR) is 120 cm³/mol. The van der Waals surface area contributed by atoms with Crippen molar-refractivity contribution in [1.29, 1.82) is 0 Å². The van der Waals surface area contributed by atoms with E-state index in [-0.39, 0.29) is 0 Å². The van der Waals surface area contributed by atoms with Crippen molar-refractivity contribution >= 4 is 8.24 Å². The molecule has 0 heterocycles. The molecule has 0 bridgehead atoms. The molecular weight excluding hydrogens is 318 g/mol. The number of rotatable bonds is 17. The van der Waals surface area contributed by atoms with Gasteiger partial charge in [0.1, 0.15) is 8.24 Å². The fourth-order valence-corrected chi connectivity index (χ4v) is 10.7. The van der Waals surface area contributed by atoms with Crippen molar-refractivity contribution < 1.29 is 0 Å². The summed E-state index contributed by atoms with van der Waals surface area (Å²) in [5, 5.41) is 0. The molecule has 0 aromatic rings. The number of unbranched alkanes of at least 4 members (excludes halogenated alkanes) is 11. The largest absolute Gasteiger partial charge is 0.336 e. The van der Waals surface area contributed by atoms with Crippen molar-refractivity contribution in [3.05, 3.63) is 0 Å². The van der Waals surface area contributed by atoms with Crippen LogP contribution in [0.2, 0.25) is 16.6 Å². The lowest BCUT2D eigenvalue weighted by Crippen LogP contribution is -2.58. The first-order valence-electron chi connectivity index (χ1n) is 11.6. The summed E-state index contributed by atoms with van der Waals surface area (Å²) in [6.07, 6.45) is 17.3. The molecule has 1 nitrogen and oxygen atoms in total. The maximum Gasteiger partial charge on any atom is 0.133 e. The normalized spacial score (nSPS) is 12.7. The highest BCUT2D eigenvalue weighted by atomic mass is 28.3. The maximum absolute atomic E-state index is 4.11. The van der Waals surface area contributed by atoms with Gasteiger partial charge in [0.25, 0.3) is 0 Å². The minimum atomic E-state index is -1.38. The summed E-state index contributed by atoms with van der Waals surface area (Å²) in [4.78, 5) is 4.11. The van der Waals surface area contributed by atoms with Gasteiger partial charge in [0, 0.05) is 0 Å². The highest BCUT2D eigenvalue weighted by Crippen LogP contribution is 2.38. The molecule has 0 rings (SSSR count). The predicted octanol–water partition coefficient (Wildman–Crippen LogP) is 8.45. The Labute approximate surface area is 162 Å². The molecule has 152 valence electrons. The Morgan fingerprint density at radius 3 is 1.16 bits per heavy atom. The van der Waals surface area contributed by atoms with Crippen LogP contribution in [0, 0.1) is 0 Å². The van der Waals surface area contributed by atoms with Gasteiger partial charge in [-0.3, -0.25) is 0 Å². The molecule has 25 heavy (non-hydrogen) atoms. The Morgan fingerprint density at radius 1 is 0.520 bits per heavy atom. The van der Waals surface area contributed by atoms with Crippen molar-refractivity contribution in [2.24, 2.45) is 0 Å². The van der Waals surface area contributed by atoms with E-state index in [9.17, 15) is 0 Å². The lowest BCUT2D eigenvalue weighted by atomic mass is 10.1. The van der Waals surface area contributed by atoms with E-state index in [2.05, 4.69) is 53.4 Å². The van der Waals surface area contributed by atoms with Gasteiger partial charge in [0.2, 0.25) is 0 Å². The Morgan fingerprint density at radius 2 is 0.840 bits per heavy atom. The van der Waals surface area contributed by atoms with Crippen LogP contribution < -0.4 is 4.98 Å². The fraction of sp³-hybridized carbons (Fsp3) is 1.00. The second-order valence-electron chi connectivity index (χ2n) is 9.21. The molecule has 0 saturated heterocycles. The first kappa shape index (κ1) is 25.2. The van der Waals surface area contributed by atoms with Crippen molar-refractivity contribution in [1.82, 2.24) is 4.98 Å². The van der Waals surface area contributed by atoms with Gasteiger partial charge >= 0.3 is 0 Å². The van der Waals surface area contributed by atoms with E-state index in [4.69, 9.17) is 0 Å². The Kier molecular flexibility index (Phi) is 15.4. The molecule has 0 radical (unpaired) electrons. The smallest absolute Gasteiger partial charge is 0.133 e. The van der Waals surface area contributed by atoms with Gasteiger partial charge in [-0.05, 0) is 29.6 Å². The third-order valence-corrected chi connectivity index (χ3v) is 12.9. The first-order chi connectivity index (χ1) is 11.9. The minimum Gasteiger partial charge on any atom is -0.336 e. The second-order valence-corrected chi connectivity index (χ2v) is 14.9. The van der Waals surface area contributed by atoms with Crippen LogP contribution in [0.25, 0.3) is 0 Å². The van der Waals surface area contributed by atoms with Crippen molar-refractivity contribution in [3.63, 3.8) is 0 Å². The molecule has 1 N–H and O–H groups in total. The monoisotopic (exact) mass is 369 g/mol. The van der Waals surface area contributed by atoms with Crippen LogP contribution in [0.1, 0.15) is 126 Å². The molecule has 0 spiro atoms. The van der Waals surface area contributed by atoms with Crippen molar-refractivity contribution in [2.45, 2.75) is 142 Å². The zero-order chi connectivity index (χ0) is 19.1. The standard InChI is InChI=1S/C23H51NSi/c1-8-9-10-11-12-13-14-15-16-17-18-19-20-24-25(21(2)3,22(4)5)23(6)7/h21-24H,8-20H2,1-7H3. The van der Waals surface area contributed by atoms with Gasteiger partial charge in [0.05, 0.1) is 0 Å². The summed E-state index contributed by atoms with van der Waals surface area (Å²) in [6, 6.07) is 0. The minimum absolute atomic E-state index is 0.824. The third-order valence-electron chi connectivity index (χ3n) is 6.33. The Bertz CT molecular complexity index is 264. The van der Waals surface area contributed by atoms with Crippen LogP contribution in [0.5, 0.6) is 0 Å². The molecule has 0 aliphatic heterocycles. The van der Waals surface area contributed by atoms with E-state index in [1.54, 1.807) is 0 Å². The summed E-state index contributed by atoms with van der Waals surface area (Å²) in [5.41, 5.74) is 2.47. The quantitative estimate of drug-likeness (QED) is 0.200. The van der Waals surface area contributed by atoms with Gasteiger partial charge in [0.15, 0.2) is 0 Å². The maximum atomic E-state index is 4.11. The molecular formula is C23H51NSi. The molecule has 0 aromatic carbocycles. The second kappa shape index (κ2) is 15.3. The molecule has 0 aromatic heterocycles. The van der Waals surface area contributed by atoms with Gasteiger partial charge < -0.3 is 4.98 Å². The zero-order valence-corrected chi connectivity index (χ0v) is 19.9. The molecule has 2 heteroatoms. The molecule has 0 aliphatic carbocycles. The average Bonchev–Trinajstić information content (AvgIpc) is 2.54. The number of hydrogen-bond donors (Lipinski definition) is 1. The van der Waals surface area contributed by atoms with Crippen LogP contribution in [0.4, 0.5) is 0 Å². The van der Waals surface area contributed by atoms with Gasteiger partial charge in [-0.2, -0.15) is 0 Å². The summed E-state index contributed by atoms with van der Waals surface area (Å²) in [7, 11) is -1.38. The van der Waals surface area contributed by atoms with E-state index < -0.39 is 8.24 Å². The van der Waals surface area contributed by atoms with Crippen LogP contribution in [0.3, 0.4) is 0 Å². The topological polar surface area (TPSA) is 12.0 Å². The third kappa shape index (κ3) is 10.2. The van der Waals surface area contributed by atoms with Crippen LogP contribution in [-0.4, -0.2) is 14.8 Å². The first-order valence-corrected chi connectivity index (χ1v) is 13.9. The molecule has 0 saturated carbocycles. The number of hydrogen-bond acceptors (Lipinski definition) is 1. The van der Waals surface area contributed by atoms with Crippen LogP contribution >= 0.6 is 0 Å². The van der Waals surface area contributed by atoms with Gasteiger partial charge in [-0.25, -0.2) is 0 Å². The molecule has 0 aliphatic rings. The van der Waals surface area contributed by atoms with E-state index >= 15 is 0 Å². The summed E-state index contributed by atoms with van der Waals surface area (Å²) < 4.78 is 0. The van der Waals surface area contributed by atoms with Gasteiger partial charge in [-0.15, -0.1) is 0 Å². The fourth-order valence-electron chi connectivity index (χ4n) is 4.88. The summed E-state index contributed by atoms with van der Waals surface area (Å²) >= 11 is 0. The average molecular weight is 370 g/mol. The van der Waals surface area contributed by atoms with Crippen LogP contribution in [0.15, 0.2) is 0 Å². The summed E-state index contributed by atoms with van der Waals surface area (Å²) in [6.45, 7) is 18.2. The highest BCUT2D eigenvalue weighted by molar-refractivity contribution is 6.81. The summed E-state index contributed by atoms with van der Waals surface area (Å²) in [5.74, 6) is 0. The molecule has 0 fully saturated rings. The lowest BCUT2D eigenvalue weighted by molar-refractivity contribution is 0.542. The Hall–Kier alpha value is 0.177. The zero-order valence-electron chi connectivity index (χ0n) is 18.9. The van der Waals surface area contributed by atoms with Crippen LogP contribution in [-0.2, 0) is 0 Å². The molecule has 0 unspecified atom stereocenters. The SMILES string of the molecule is CCCCCCCCCCCCCCN[Si](C(C)C)(C(C)C)C(C)C. The Balaban J connectivity index is 3.68.